The number of hydrogen-bond donors (Lipinski definition) is 2. The summed E-state index contributed by atoms with van der Waals surface area (Å²) in [6, 6.07) is -0.0358. The van der Waals surface area contributed by atoms with Gasteiger partial charge in [-0.1, -0.05) is 13.8 Å². The van der Waals surface area contributed by atoms with E-state index in [4.69, 9.17) is 0 Å². The summed E-state index contributed by atoms with van der Waals surface area (Å²) >= 11 is 0. The van der Waals surface area contributed by atoms with Crippen LogP contribution >= 0.6 is 0 Å². The van der Waals surface area contributed by atoms with Gasteiger partial charge in [-0.2, -0.15) is 0 Å². The van der Waals surface area contributed by atoms with E-state index >= 15 is 0 Å². The minimum atomic E-state index is -0.194. The normalized spacial score (nSPS) is 22.1. The van der Waals surface area contributed by atoms with Gasteiger partial charge in [0.2, 0.25) is 11.8 Å². The molecule has 0 aromatic carbocycles. The van der Waals surface area contributed by atoms with Crippen LogP contribution in [0.1, 0.15) is 27.2 Å². The van der Waals surface area contributed by atoms with Crippen molar-refractivity contribution in [2.24, 2.45) is 5.92 Å². The van der Waals surface area contributed by atoms with Gasteiger partial charge >= 0.3 is 0 Å². The Kier molecular flexibility index (Phi) is 4.93. The van der Waals surface area contributed by atoms with Crippen LogP contribution in [0.2, 0.25) is 0 Å². The number of hydrogen-bond acceptors (Lipinski definition) is 3. The molecular formula is C12H23N3O2. The van der Waals surface area contributed by atoms with Crippen LogP contribution in [0.3, 0.4) is 0 Å². The van der Waals surface area contributed by atoms with Gasteiger partial charge in [0.25, 0.3) is 0 Å². The van der Waals surface area contributed by atoms with Gasteiger partial charge in [-0.05, 0) is 19.3 Å². The van der Waals surface area contributed by atoms with Crippen LogP contribution in [-0.4, -0.2) is 48.9 Å². The maximum Gasteiger partial charge on any atom is 0.239 e. The lowest BCUT2D eigenvalue weighted by Gasteiger charge is -2.18. The van der Waals surface area contributed by atoms with Crippen LogP contribution in [0, 0.1) is 5.92 Å². The monoisotopic (exact) mass is 241 g/mol. The fraction of sp³-hybridized carbons (Fsp3) is 0.833. The largest absolute Gasteiger partial charge is 0.352 e. The Bertz CT molecular complexity index is 291. The Morgan fingerprint density at radius 2 is 2.12 bits per heavy atom. The standard InChI is InChI=1S/C12H23N3O2/c1-8(2)9(3)14-11(16)7-13-10-5-6-15(4)12(10)17/h8-10,13H,5-7H2,1-4H3,(H,14,16). The topological polar surface area (TPSA) is 61.4 Å². The molecule has 0 radical (unpaired) electrons. The summed E-state index contributed by atoms with van der Waals surface area (Å²) in [6.45, 7) is 7.08. The molecule has 0 spiro atoms. The van der Waals surface area contributed by atoms with Gasteiger partial charge < -0.3 is 10.2 Å². The highest BCUT2D eigenvalue weighted by molar-refractivity contribution is 5.85. The van der Waals surface area contributed by atoms with Crippen molar-refractivity contribution in [3.05, 3.63) is 0 Å². The molecule has 2 unspecified atom stereocenters. The molecule has 1 fully saturated rings. The zero-order chi connectivity index (χ0) is 13.0. The quantitative estimate of drug-likeness (QED) is 0.710. The molecule has 2 amide bonds. The molecule has 2 N–H and O–H groups in total. The maximum atomic E-state index is 11.6. The molecule has 0 aliphatic carbocycles. The van der Waals surface area contributed by atoms with E-state index in [-0.39, 0.29) is 30.4 Å². The van der Waals surface area contributed by atoms with Crippen molar-refractivity contribution in [2.45, 2.75) is 39.3 Å². The maximum absolute atomic E-state index is 11.6. The van der Waals surface area contributed by atoms with Crippen LogP contribution in [-0.2, 0) is 9.59 Å². The Hall–Kier alpha value is -1.10. The molecular weight excluding hydrogens is 218 g/mol. The van der Waals surface area contributed by atoms with Gasteiger partial charge in [0.05, 0.1) is 12.6 Å². The summed E-state index contributed by atoms with van der Waals surface area (Å²) in [6.07, 6.45) is 0.780. The van der Waals surface area contributed by atoms with Gasteiger partial charge in [0.1, 0.15) is 0 Å². The average molecular weight is 241 g/mol. The molecule has 1 heterocycles. The average Bonchev–Trinajstić information content (AvgIpc) is 2.57. The number of nitrogens with one attached hydrogen (secondary N) is 2. The van der Waals surface area contributed by atoms with Crippen LogP contribution in [0.15, 0.2) is 0 Å². The molecule has 0 bridgehead atoms. The summed E-state index contributed by atoms with van der Waals surface area (Å²) in [4.78, 5) is 24.9. The highest BCUT2D eigenvalue weighted by atomic mass is 16.2. The third-order valence-electron chi connectivity index (χ3n) is 3.33. The summed E-state index contributed by atoms with van der Waals surface area (Å²) < 4.78 is 0. The van der Waals surface area contributed by atoms with Crippen LogP contribution in [0.5, 0.6) is 0 Å². The minimum absolute atomic E-state index is 0.0476. The minimum Gasteiger partial charge on any atom is -0.352 e. The smallest absolute Gasteiger partial charge is 0.239 e. The van der Waals surface area contributed by atoms with Crippen molar-refractivity contribution in [1.29, 1.82) is 0 Å². The molecule has 1 saturated heterocycles. The molecule has 0 aromatic rings. The zero-order valence-electron chi connectivity index (χ0n) is 11.1. The van der Waals surface area contributed by atoms with Crippen molar-refractivity contribution in [3.63, 3.8) is 0 Å². The van der Waals surface area contributed by atoms with E-state index in [1.807, 2.05) is 6.92 Å². The summed E-state index contributed by atoms with van der Waals surface area (Å²) in [5.74, 6) is 0.446. The molecule has 1 aliphatic heterocycles. The number of amides is 2. The number of carbonyl (C=O) groups is 2. The molecule has 0 saturated carbocycles. The van der Waals surface area contributed by atoms with E-state index < -0.39 is 0 Å². The van der Waals surface area contributed by atoms with Gasteiger partial charge in [0, 0.05) is 19.6 Å². The molecule has 98 valence electrons. The van der Waals surface area contributed by atoms with E-state index in [0.717, 1.165) is 13.0 Å². The molecule has 1 aliphatic rings. The molecule has 2 atom stereocenters. The summed E-state index contributed by atoms with van der Waals surface area (Å²) in [7, 11) is 1.78. The van der Waals surface area contributed by atoms with E-state index in [0.29, 0.717) is 5.92 Å². The lowest BCUT2D eigenvalue weighted by Crippen LogP contribution is -2.45. The molecule has 0 aromatic heterocycles. The first-order valence-corrected chi connectivity index (χ1v) is 6.19. The molecule has 17 heavy (non-hydrogen) atoms. The second-order valence-electron chi connectivity index (χ2n) is 5.08. The highest BCUT2D eigenvalue weighted by Gasteiger charge is 2.28. The zero-order valence-corrected chi connectivity index (χ0v) is 11.1. The predicted molar refractivity (Wildman–Crippen MR) is 66.5 cm³/mol. The fourth-order valence-electron chi connectivity index (χ4n) is 1.70. The van der Waals surface area contributed by atoms with Gasteiger partial charge in [0.15, 0.2) is 0 Å². The SMILES string of the molecule is CC(C)C(C)NC(=O)CNC1CCN(C)C1=O. The van der Waals surface area contributed by atoms with Crippen molar-refractivity contribution < 1.29 is 9.59 Å². The van der Waals surface area contributed by atoms with Gasteiger partial charge in [-0.3, -0.25) is 14.9 Å². The number of carbonyl (C=O) groups excluding carboxylic acids is 2. The second-order valence-corrected chi connectivity index (χ2v) is 5.08. The number of nitrogens with zero attached hydrogens (tertiary/aromatic N) is 1. The Morgan fingerprint density at radius 1 is 1.47 bits per heavy atom. The first-order chi connectivity index (χ1) is 7.91. The van der Waals surface area contributed by atoms with Crippen molar-refractivity contribution in [3.8, 4) is 0 Å². The van der Waals surface area contributed by atoms with Crippen molar-refractivity contribution >= 4 is 11.8 Å². The molecule has 1 rings (SSSR count). The van der Waals surface area contributed by atoms with E-state index in [9.17, 15) is 9.59 Å². The van der Waals surface area contributed by atoms with Crippen LogP contribution in [0.4, 0.5) is 0 Å². The predicted octanol–water partition coefficient (Wildman–Crippen LogP) is -0.0326. The van der Waals surface area contributed by atoms with Gasteiger partial charge in [-0.15, -0.1) is 0 Å². The highest BCUT2D eigenvalue weighted by Crippen LogP contribution is 2.07. The molecule has 5 heteroatoms. The van der Waals surface area contributed by atoms with Gasteiger partial charge in [-0.25, -0.2) is 0 Å². The lowest BCUT2D eigenvalue weighted by atomic mass is 10.1. The Labute approximate surface area is 103 Å². The Morgan fingerprint density at radius 3 is 2.59 bits per heavy atom. The number of likely N-dealkylation sites (tertiary alicyclic amines) is 1. The van der Waals surface area contributed by atoms with Crippen LogP contribution < -0.4 is 10.6 Å². The van der Waals surface area contributed by atoms with Crippen molar-refractivity contribution in [1.82, 2.24) is 15.5 Å². The van der Waals surface area contributed by atoms with E-state index in [2.05, 4.69) is 24.5 Å². The van der Waals surface area contributed by atoms with Crippen LogP contribution in [0.25, 0.3) is 0 Å². The first kappa shape index (κ1) is 14.0. The first-order valence-electron chi connectivity index (χ1n) is 6.19. The number of rotatable bonds is 5. The summed E-state index contributed by atoms with van der Waals surface area (Å²) in [5.41, 5.74) is 0. The lowest BCUT2D eigenvalue weighted by molar-refractivity contribution is -0.128. The third-order valence-corrected chi connectivity index (χ3v) is 3.33. The van der Waals surface area contributed by atoms with Crippen molar-refractivity contribution in [2.75, 3.05) is 20.1 Å². The second kappa shape index (κ2) is 6.00. The fourth-order valence-corrected chi connectivity index (χ4v) is 1.70. The Balaban J connectivity index is 2.27. The third kappa shape index (κ3) is 4.00. The number of likely N-dealkylation sites (N-methyl/N-ethyl adjacent to an activating group) is 1. The molecule has 5 nitrogen and oxygen atoms in total. The van der Waals surface area contributed by atoms with E-state index in [1.165, 1.54) is 0 Å². The van der Waals surface area contributed by atoms with E-state index in [1.54, 1.807) is 11.9 Å². The summed E-state index contributed by atoms with van der Waals surface area (Å²) in [5, 5.41) is 5.91.